The minimum atomic E-state index is -0.839. The van der Waals surface area contributed by atoms with Crippen LogP contribution in [0.15, 0.2) is 30.4 Å². The number of allylic oxidation sites excluding steroid dienone is 2. The molecule has 0 radical (unpaired) electrons. The number of carboxylic acid groups (broad SMARTS) is 1. The fourth-order valence-electron chi connectivity index (χ4n) is 4.78. The zero-order chi connectivity index (χ0) is 16.4. The van der Waals surface area contributed by atoms with Crippen LogP contribution < -0.4 is 5.32 Å². The lowest BCUT2D eigenvalue weighted by Crippen LogP contribution is -2.36. The van der Waals surface area contributed by atoms with Crippen LogP contribution in [-0.2, 0) is 9.59 Å². The molecule has 0 aliphatic heterocycles. The SMILES string of the molecule is Cc1ccc(C)c(NC(=O)[C@H]2[C@H](C(=O)O)[C@H]3C=C[C@H]2C32CC2)c1. The zero-order valence-electron chi connectivity index (χ0n) is 13.4. The minimum absolute atomic E-state index is 0.0272. The Bertz CT molecular complexity index is 732. The second-order valence-corrected chi connectivity index (χ2v) is 7.37. The molecule has 1 aromatic carbocycles. The molecule has 0 saturated heterocycles. The molecule has 1 amide bonds. The quantitative estimate of drug-likeness (QED) is 0.843. The second kappa shape index (κ2) is 4.70. The van der Waals surface area contributed by atoms with Gasteiger partial charge in [0.15, 0.2) is 0 Å². The Morgan fingerprint density at radius 2 is 1.78 bits per heavy atom. The van der Waals surface area contributed by atoms with Gasteiger partial charge in [0.2, 0.25) is 5.91 Å². The van der Waals surface area contributed by atoms with Crippen LogP contribution in [0, 0.1) is 42.9 Å². The Morgan fingerprint density at radius 3 is 2.39 bits per heavy atom. The molecule has 23 heavy (non-hydrogen) atoms. The molecule has 3 aliphatic carbocycles. The number of carbonyl (C=O) groups excluding carboxylic acids is 1. The van der Waals surface area contributed by atoms with Crippen molar-refractivity contribution in [3.63, 3.8) is 0 Å². The normalized spacial score (nSPS) is 32.3. The molecule has 1 aromatic rings. The number of nitrogens with one attached hydrogen (secondary N) is 1. The van der Waals surface area contributed by atoms with Gasteiger partial charge in [-0.15, -0.1) is 0 Å². The molecule has 2 N–H and O–H groups in total. The van der Waals surface area contributed by atoms with Crippen LogP contribution in [0.1, 0.15) is 24.0 Å². The zero-order valence-corrected chi connectivity index (χ0v) is 13.4. The summed E-state index contributed by atoms with van der Waals surface area (Å²) in [6, 6.07) is 5.92. The number of anilines is 1. The maximum Gasteiger partial charge on any atom is 0.307 e. The van der Waals surface area contributed by atoms with E-state index >= 15 is 0 Å². The maximum atomic E-state index is 12.9. The Kier molecular flexibility index (Phi) is 2.96. The first-order chi connectivity index (χ1) is 10.9. The van der Waals surface area contributed by atoms with Gasteiger partial charge in [-0.2, -0.15) is 0 Å². The van der Waals surface area contributed by atoms with Gasteiger partial charge >= 0.3 is 5.97 Å². The Hall–Kier alpha value is -2.10. The number of benzene rings is 1. The molecular formula is C19H21NO3. The first kappa shape index (κ1) is 14.5. The van der Waals surface area contributed by atoms with Crippen LogP contribution in [0.3, 0.4) is 0 Å². The van der Waals surface area contributed by atoms with Gasteiger partial charge in [0.05, 0.1) is 11.8 Å². The van der Waals surface area contributed by atoms with Crippen molar-refractivity contribution in [3.05, 3.63) is 41.5 Å². The summed E-state index contributed by atoms with van der Waals surface area (Å²) in [5, 5.41) is 12.7. The third-order valence-electron chi connectivity index (χ3n) is 6.08. The van der Waals surface area contributed by atoms with Crippen molar-refractivity contribution < 1.29 is 14.7 Å². The number of carbonyl (C=O) groups is 2. The first-order valence-electron chi connectivity index (χ1n) is 8.23. The molecule has 2 saturated carbocycles. The van der Waals surface area contributed by atoms with E-state index in [0.717, 1.165) is 29.7 Å². The summed E-state index contributed by atoms with van der Waals surface area (Å²) in [4.78, 5) is 24.7. The number of hydrogen-bond donors (Lipinski definition) is 2. The molecular weight excluding hydrogens is 290 g/mol. The average molecular weight is 311 g/mol. The predicted octanol–water partition coefficient (Wildman–Crippen LogP) is 3.15. The number of aliphatic carboxylic acids is 1. The van der Waals surface area contributed by atoms with E-state index in [2.05, 4.69) is 11.4 Å². The summed E-state index contributed by atoms with van der Waals surface area (Å²) in [7, 11) is 0. The predicted molar refractivity (Wildman–Crippen MR) is 86.9 cm³/mol. The number of hydrogen-bond acceptors (Lipinski definition) is 2. The van der Waals surface area contributed by atoms with Gasteiger partial charge in [-0.1, -0.05) is 24.3 Å². The third kappa shape index (κ3) is 1.97. The van der Waals surface area contributed by atoms with Crippen LogP contribution in [-0.4, -0.2) is 17.0 Å². The van der Waals surface area contributed by atoms with Crippen molar-refractivity contribution in [2.75, 3.05) is 5.32 Å². The van der Waals surface area contributed by atoms with Crippen LogP contribution >= 0.6 is 0 Å². The van der Waals surface area contributed by atoms with Gasteiger partial charge in [-0.3, -0.25) is 9.59 Å². The Morgan fingerprint density at radius 1 is 1.13 bits per heavy atom. The molecule has 2 bridgehead atoms. The van der Waals surface area contributed by atoms with Crippen molar-refractivity contribution in [3.8, 4) is 0 Å². The van der Waals surface area contributed by atoms with Gasteiger partial charge < -0.3 is 10.4 Å². The van der Waals surface area contributed by atoms with Crippen molar-refractivity contribution in [1.82, 2.24) is 0 Å². The summed E-state index contributed by atoms with van der Waals surface area (Å²) in [6.07, 6.45) is 6.22. The molecule has 0 aromatic heterocycles. The fourth-order valence-corrected chi connectivity index (χ4v) is 4.78. The largest absolute Gasteiger partial charge is 0.481 e. The van der Waals surface area contributed by atoms with Crippen molar-refractivity contribution >= 4 is 17.6 Å². The highest BCUT2D eigenvalue weighted by molar-refractivity contribution is 5.97. The number of amides is 1. The summed E-state index contributed by atoms with van der Waals surface area (Å²) in [6.45, 7) is 3.93. The van der Waals surface area contributed by atoms with E-state index in [1.807, 2.05) is 38.1 Å². The molecule has 4 atom stereocenters. The van der Waals surface area contributed by atoms with E-state index in [-0.39, 0.29) is 23.2 Å². The van der Waals surface area contributed by atoms with E-state index in [0.29, 0.717) is 0 Å². The highest BCUT2D eigenvalue weighted by Gasteiger charge is 2.70. The molecule has 0 unspecified atom stereocenters. The minimum Gasteiger partial charge on any atom is -0.481 e. The van der Waals surface area contributed by atoms with Gasteiger partial charge in [-0.25, -0.2) is 0 Å². The highest BCUT2D eigenvalue weighted by Crippen LogP contribution is 2.72. The smallest absolute Gasteiger partial charge is 0.307 e. The van der Waals surface area contributed by atoms with Crippen molar-refractivity contribution in [2.45, 2.75) is 26.7 Å². The number of aryl methyl sites for hydroxylation is 2. The Labute approximate surface area is 135 Å². The van der Waals surface area contributed by atoms with Crippen molar-refractivity contribution in [1.29, 1.82) is 0 Å². The lowest BCUT2D eigenvalue weighted by atomic mass is 9.82. The van der Waals surface area contributed by atoms with E-state index in [1.54, 1.807) is 0 Å². The molecule has 3 aliphatic rings. The Balaban J connectivity index is 1.64. The third-order valence-corrected chi connectivity index (χ3v) is 6.08. The van der Waals surface area contributed by atoms with E-state index in [1.165, 1.54) is 0 Å². The van der Waals surface area contributed by atoms with E-state index in [9.17, 15) is 14.7 Å². The van der Waals surface area contributed by atoms with Gasteiger partial charge in [0.1, 0.15) is 0 Å². The van der Waals surface area contributed by atoms with E-state index < -0.39 is 17.8 Å². The molecule has 4 heteroatoms. The van der Waals surface area contributed by atoms with Gasteiger partial charge in [0, 0.05) is 5.69 Å². The second-order valence-electron chi connectivity index (χ2n) is 7.37. The summed E-state index contributed by atoms with van der Waals surface area (Å²) in [5.74, 6) is -1.91. The molecule has 2 fully saturated rings. The number of carboxylic acids is 1. The maximum absolute atomic E-state index is 12.9. The molecule has 4 rings (SSSR count). The molecule has 1 spiro atoms. The molecule has 4 nitrogen and oxygen atoms in total. The monoisotopic (exact) mass is 311 g/mol. The topological polar surface area (TPSA) is 66.4 Å². The standard InChI is InChI=1S/C19H21NO3/c1-10-3-4-11(2)14(9-10)20-17(21)15-12-5-6-13(16(15)18(22)23)19(12)7-8-19/h3-6,9,12-13,15-16H,7-8H2,1-2H3,(H,20,21)(H,22,23)/t12-,13-,15-,16-/m1/s1. The summed E-state index contributed by atoms with van der Waals surface area (Å²) >= 11 is 0. The van der Waals surface area contributed by atoms with Crippen LogP contribution in [0.5, 0.6) is 0 Å². The highest BCUT2D eigenvalue weighted by atomic mass is 16.4. The molecule has 120 valence electrons. The lowest BCUT2D eigenvalue weighted by Gasteiger charge is -2.24. The van der Waals surface area contributed by atoms with E-state index in [4.69, 9.17) is 0 Å². The van der Waals surface area contributed by atoms with Crippen molar-refractivity contribution in [2.24, 2.45) is 29.1 Å². The summed E-state index contributed by atoms with van der Waals surface area (Å²) < 4.78 is 0. The lowest BCUT2D eigenvalue weighted by molar-refractivity contribution is -0.146. The first-order valence-corrected chi connectivity index (χ1v) is 8.23. The summed E-state index contributed by atoms with van der Waals surface area (Å²) in [5.41, 5.74) is 2.92. The fraction of sp³-hybridized carbons (Fsp3) is 0.474. The van der Waals surface area contributed by atoms with Crippen LogP contribution in [0.25, 0.3) is 0 Å². The number of rotatable bonds is 3. The average Bonchev–Trinajstić information content (AvgIpc) is 3.16. The van der Waals surface area contributed by atoms with Crippen LogP contribution in [0.2, 0.25) is 0 Å². The molecule has 0 heterocycles. The van der Waals surface area contributed by atoms with Gasteiger partial charge in [0.25, 0.3) is 0 Å². The van der Waals surface area contributed by atoms with Crippen LogP contribution in [0.4, 0.5) is 5.69 Å². The van der Waals surface area contributed by atoms with Gasteiger partial charge in [-0.05, 0) is 61.1 Å².